The van der Waals surface area contributed by atoms with Crippen LogP contribution in [0.3, 0.4) is 0 Å². The summed E-state index contributed by atoms with van der Waals surface area (Å²) in [6, 6.07) is 0. The van der Waals surface area contributed by atoms with Gasteiger partial charge in [-0.15, -0.1) is 0 Å². The van der Waals surface area contributed by atoms with Crippen molar-refractivity contribution in [1.82, 2.24) is 0 Å². The third kappa shape index (κ3) is 2.79. The number of aliphatic hydroxyl groups excluding tert-OH is 1. The lowest BCUT2D eigenvalue weighted by atomic mass is 9.46. The number of ketones is 2. The topological polar surface area (TPSA) is 101 Å². The van der Waals surface area contributed by atoms with Gasteiger partial charge < -0.3 is 14.9 Å². The van der Waals surface area contributed by atoms with Crippen LogP contribution in [0.2, 0.25) is 0 Å². The van der Waals surface area contributed by atoms with Crippen LogP contribution >= 0.6 is 0 Å². The average Bonchev–Trinajstić information content (AvgIpc) is 2.91. The molecule has 0 aromatic heterocycles. The van der Waals surface area contributed by atoms with Crippen LogP contribution < -0.4 is 0 Å². The number of rotatable bonds is 3. The fourth-order valence-corrected chi connectivity index (χ4v) is 7.08. The van der Waals surface area contributed by atoms with E-state index >= 15 is 0 Å². The van der Waals surface area contributed by atoms with E-state index in [1.54, 1.807) is 12.2 Å². The van der Waals surface area contributed by atoms with Crippen LogP contribution in [-0.4, -0.2) is 46.1 Å². The van der Waals surface area contributed by atoms with Crippen LogP contribution in [0.15, 0.2) is 23.8 Å². The number of aliphatic hydroxyl groups is 2. The van der Waals surface area contributed by atoms with Gasteiger partial charge in [0.25, 0.3) is 0 Å². The van der Waals surface area contributed by atoms with Crippen LogP contribution in [0.1, 0.15) is 52.9 Å². The maximum absolute atomic E-state index is 12.9. The molecule has 6 nitrogen and oxygen atoms in total. The molecule has 0 heterocycles. The first-order chi connectivity index (χ1) is 13.5. The predicted octanol–water partition coefficient (Wildman–Crippen LogP) is 2.13. The first-order valence-electron chi connectivity index (χ1n) is 10.5. The van der Waals surface area contributed by atoms with Gasteiger partial charge in [0.1, 0.15) is 5.60 Å². The van der Waals surface area contributed by atoms with E-state index in [0.717, 1.165) is 18.4 Å². The third-order valence-corrected chi connectivity index (χ3v) is 8.52. The maximum Gasteiger partial charge on any atom is 0.303 e. The van der Waals surface area contributed by atoms with Crippen molar-refractivity contribution in [3.8, 4) is 0 Å². The summed E-state index contributed by atoms with van der Waals surface area (Å²) in [6.45, 7) is 4.80. The Balaban J connectivity index is 1.66. The van der Waals surface area contributed by atoms with Gasteiger partial charge in [0, 0.05) is 23.7 Å². The Hall–Kier alpha value is -1.79. The minimum Gasteiger partial charge on any atom is -0.458 e. The molecule has 0 aromatic carbocycles. The zero-order chi connectivity index (χ0) is 21.2. The number of hydrogen-bond donors (Lipinski definition) is 2. The normalized spacial score (nSPS) is 45.7. The largest absolute Gasteiger partial charge is 0.458 e. The molecule has 4 aliphatic carbocycles. The van der Waals surface area contributed by atoms with Crippen molar-refractivity contribution in [3.05, 3.63) is 23.8 Å². The van der Waals surface area contributed by atoms with Gasteiger partial charge in [0.15, 0.2) is 12.4 Å². The number of Topliss-reactive ketones (excluding diaryl/α,β-unsaturated/α-hetero) is 1. The zero-order valence-electron chi connectivity index (χ0n) is 17.3. The van der Waals surface area contributed by atoms with Gasteiger partial charge in [-0.05, 0) is 56.1 Å². The summed E-state index contributed by atoms with van der Waals surface area (Å²) in [5, 5.41) is 22.7. The van der Waals surface area contributed by atoms with Crippen molar-refractivity contribution in [2.45, 2.75) is 64.6 Å². The van der Waals surface area contributed by atoms with E-state index in [1.807, 2.05) is 13.0 Å². The maximum atomic E-state index is 12.9. The summed E-state index contributed by atoms with van der Waals surface area (Å²) in [4.78, 5) is 35.9. The Morgan fingerprint density at radius 1 is 1.28 bits per heavy atom. The molecule has 7 atom stereocenters. The van der Waals surface area contributed by atoms with Crippen molar-refractivity contribution < 1.29 is 29.3 Å². The predicted molar refractivity (Wildman–Crippen MR) is 105 cm³/mol. The number of carbonyl (C=O) groups excluding carboxylic acids is 3. The Morgan fingerprint density at radius 2 is 2.00 bits per heavy atom. The zero-order valence-corrected chi connectivity index (χ0v) is 17.3. The van der Waals surface area contributed by atoms with Crippen LogP contribution in [0, 0.1) is 28.6 Å². The fourth-order valence-electron chi connectivity index (χ4n) is 7.08. The molecule has 158 valence electrons. The van der Waals surface area contributed by atoms with E-state index in [4.69, 9.17) is 4.74 Å². The molecule has 2 N–H and O–H groups in total. The van der Waals surface area contributed by atoms with Crippen molar-refractivity contribution >= 4 is 17.5 Å². The van der Waals surface area contributed by atoms with E-state index in [1.165, 1.54) is 6.92 Å². The molecule has 29 heavy (non-hydrogen) atoms. The molecule has 6 heteroatoms. The lowest BCUT2D eigenvalue weighted by molar-refractivity contribution is -0.181. The van der Waals surface area contributed by atoms with Gasteiger partial charge in [-0.3, -0.25) is 14.4 Å². The standard InChI is InChI=1S/C23H30O6/c1-13(24)29-12-19(27)23(28)9-7-17-16-5-4-14-10-15(25)6-8-21(14,2)20(16)18(26)11-22(17,23)3/h6,8,10,16-18,20,26,28H,4-5,7,9,11-12H2,1-3H3/t16-,17-,18?,20-,21+,22+,23+/m1/s1. The highest BCUT2D eigenvalue weighted by Gasteiger charge is 2.68. The number of fused-ring (bicyclic) bond motifs is 5. The van der Waals surface area contributed by atoms with E-state index in [-0.39, 0.29) is 29.0 Å². The molecule has 0 saturated heterocycles. The molecule has 0 spiro atoms. The van der Waals surface area contributed by atoms with Gasteiger partial charge in [0.2, 0.25) is 5.78 Å². The van der Waals surface area contributed by atoms with Crippen LogP contribution in [-0.2, 0) is 19.1 Å². The molecule has 4 rings (SSSR count). The molecule has 0 bridgehead atoms. The number of allylic oxidation sites excluding steroid dienone is 4. The van der Waals surface area contributed by atoms with E-state index < -0.39 is 35.5 Å². The van der Waals surface area contributed by atoms with Crippen molar-refractivity contribution in [2.75, 3.05) is 6.61 Å². The number of ether oxygens (including phenoxy) is 1. The van der Waals surface area contributed by atoms with Gasteiger partial charge in [-0.2, -0.15) is 0 Å². The Labute approximate surface area is 171 Å². The van der Waals surface area contributed by atoms with E-state index in [0.29, 0.717) is 19.3 Å². The lowest BCUT2D eigenvalue weighted by Crippen LogP contribution is -2.61. The highest BCUT2D eigenvalue weighted by molar-refractivity contribution is 6.01. The van der Waals surface area contributed by atoms with Crippen molar-refractivity contribution in [1.29, 1.82) is 0 Å². The first-order valence-corrected chi connectivity index (χ1v) is 10.5. The third-order valence-electron chi connectivity index (χ3n) is 8.52. The molecule has 1 unspecified atom stereocenters. The Morgan fingerprint density at radius 3 is 2.69 bits per heavy atom. The molecule has 0 aliphatic heterocycles. The van der Waals surface area contributed by atoms with E-state index in [2.05, 4.69) is 6.92 Å². The lowest BCUT2D eigenvalue weighted by Gasteiger charge is -2.59. The van der Waals surface area contributed by atoms with Gasteiger partial charge in [-0.1, -0.05) is 25.5 Å². The second-order valence-corrected chi connectivity index (χ2v) is 9.81. The van der Waals surface area contributed by atoms with Gasteiger partial charge >= 0.3 is 5.97 Å². The molecule has 3 fully saturated rings. The summed E-state index contributed by atoms with van der Waals surface area (Å²) < 4.78 is 4.88. The molecule has 0 amide bonds. The van der Waals surface area contributed by atoms with Gasteiger partial charge in [0.05, 0.1) is 6.10 Å². The molecule has 3 saturated carbocycles. The minimum absolute atomic E-state index is 0.00243. The smallest absolute Gasteiger partial charge is 0.303 e. The molecular formula is C23H30O6. The van der Waals surface area contributed by atoms with Crippen molar-refractivity contribution in [2.24, 2.45) is 28.6 Å². The highest BCUT2D eigenvalue weighted by Crippen LogP contribution is 2.67. The second kappa shape index (κ2) is 6.61. The summed E-state index contributed by atoms with van der Waals surface area (Å²) in [5.41, 5.74) is -1.67. The summed E-state index contributed by atoms with van der Waals surface area (Å²) in [6.07, 6.45) is 7.50. The summed E-state index contributed by atoms with van der Waals surface area (Å²) in [5.74, 6) is -0.836. The SMILES string of the molecule is CC(=O)OCC(=O)[C@@]1(O)CC[C@@H]2[C@H]3CCC4=CC(=O)C=C[C@]4(C)[C@H]3C(O)C[C@@]21C. The molecular weight excluding hydrogens is 372 g/mol. The van der Waals surface area contributed by atoms with Crippen LogP contribution in [0.25, 0.3) is 0 Å². The number of carbonyl (C=O) groups is 3. The molecule has 0 radical (unpaired) electrons. The first kappa shape index (κ1) is 20.5. The monoisotopic (exact) mass is 402 g/mol. The quantitative estimate of drug-likeness (QED) is 0.702. The molecule has 4 aliphatic rings. The minimum atomic E-state index is -1.60. The number of hydrogen-bond acceptors (Lipinski definition) is 6. The van der Waals surface area contributed by atoms with Gasteiger partial charge in [-0.25, -0.2) is 0 Å². The fraction of sp³-hybridized carbons (Fsp3) is 0.696. The van der Waals surface area contributed by atoms with E-state index in [9.17, 15) is 24.6 Å². The van der Waals surface area contributed by atoms with Crippen LogP contribution in [0.5, 0.6) is 0 Å². The van der Waals surface area contributed by atoms with Crippen LogP contribution in [0.4, 0.5) is 0 Å². The summed E-state index contributed by atoms with van der Waals surface area (Å²) in [7, 11) is 0. The molecule has 0 aromatic rings. The highest BCUT2D eigenvalue weighted by atomic mass is 16.5. The van der Waals surface area contributed by atoms with Crippen molar-refractivity contribution in [3.63, 3.8) is 0 Å². The second-order valence-electron chi connectivity index (χ2n) is 9.81. The summed E-state index contributed by atoms with van der Waals surface area (Å²) >= 11 is 0. The Kier molecular flexibility index (Phi) is 4.67. The average molecular weight is 402 g/mol. The number of esters is 1. The Bertz CT molecular complexity index is 827.